The van der Waals surface area contributed by atoms with Crippen LogP contribution in [0.15, 0.2) is 46.9 Å². The highest BCUT2D eigenvalue weighted by Crippen LogP contribution is 2.37. The maximum absolute atomic E-state index is 13.5. The standard InChI is InChI=1S/C17H16BrF2N/c18-14-3-1-2-11(6-14)12-8-16(9-12)21-10-13-7-15(19)4-5-17(13)20/h1-7,12,16,21H,8-10H2. The third kappa shape index (κ3) is 3.50. The van der Waals surface area contributed by atoms with Gasteiger partial charge in [-0.2, -0.15) is 0 Å². The summed E-state index contributed by atoms with van der Waals surface area (Å²) in [6.07, 6.45) is 2.07. The molecule has 1 saturated carbocycles. The van der Waals surface area contributed by atoms with Crippen LogP contribution in [-0.4, -0.2) is 6.04 Å². The van der Waals surface area contributed by atoms with Gasteiger partial charge in [-0.1, -0.05) is 28.1 Å². The Morgan fingerprint density at radius 1 is 1.10 bits per heavy atom. The largest absolute Gasteiger partial charge is 0.310 e. The summed E-state index contributed by atoms with van der Waals surface area (Å²) in [6, 6.07) is 12.3. The minimum Gasteiger partial charge on any atom is -0.310 e. The molecule has 2 aromatic rings. The third-order valence-corrected chi connectivity index (χ3v) is 4.54. The van der Waals surface area contributed by atoms with Gasteiger partial charge in [-0.05, 0) is 54.7 Å². The average molecular weight is 352 g/mol. The van der Waals surface area contributed by atoms with E-state index >= 15 is 0 Å². The van der Waals surface area contributed by atoms with E-state index in [2.05, 4.69) is 33.4 Å². The summed E-state index contributed by atoms with van der Waals surface area (Å²) in [5.41, 5.74) is 1.72. The molecular formula is C17H16BrF2N. The number of halogens is 3. The Kier molecular flexibility index (Phi) is 4.36. The van der Waals surface area contributed by atoms with Gasteiger partial charge in [0.05, 0.1) is 0 Å². The SMILES string of the molecule is Fc1ccc(F)c(CNC2CC(c3cccc(Br)c3)C2)c1. The molecule has 0 bridgehead atoms. The smallest absolute Gasteiger partial charge is 0.127 e. The molecule has 1 aliphatic rings. The van der Waals surface area contributed by atoms with Crippen LogP contribution in [0, 0.1) is 11.6 Å². The number of nitrogens with one attached hydrogen (secondary N) is 1. The van der Waals surface area contributed by atoms with E-state index in [1.54, 1.807) is 0 Å². The van der Waals surface area contributed by atoms with Crippen molar-refractivity contribution in [3.8, 4) is 0 Å². The van der Waals surface area contributed by atoms with Crippen molar-refractivity contribution >= 4 is 15.9 Å². The van der Waals surface area contributed by atoms with Crippen LogP contribution >= 0.6 is 15.9 Å². The summed E-state index contributed by atoms with van der Waals surface area (Å²) in [4.78, 5) is 0. The fraction of sp³-hybridized carbons (Fsp3) is 0.294. The Morgan fingerprint density at radius 3 is 2.67 bits per heavy atom. The molecule has 2 aromatic carbocycles. The number of hydrogen-bond donors (Lipinski definition) is 1. The number of hydrogen-bond acceptors (Lipinski definition) is 1. The summed E-state index contributed by atoms with van der Waals surface area (Å²) in [7, 11) is 0. The van der Waals surface area contributed by atoms with Crippen LogP contribution in [0.4, 0.5) is 8.78 Å². The zero-order chi connectivity index (χ0) is 14.8. The molecule has 0 spiro atoms. The van der Waals surface area contributed by atoms with Crippen molar-refractivity contribution < 1.29 is 8.78 Å². The lowest BCUT2D eigenvalue weighted by atomic mass is 9.76. The number of benzene rings is 2. The summed E-state index contributed by atoms with van der Waals surface area (Å²) in [6.45, 7) is 0.374. The van der Waals surface area contributed by atoms with Crippen LogP contribution in [0.25, 0.3) is 0 Å². The van der Waals surface area contributed by atoms with Gasteiger partial charge >= 0.3 is 0 Å². The highest BCUT2D eigenvalue weighted by atomic mass is 79.9. The van der Waals surface area contributed by atoms with Crippen molar-refractivity contribution in [2.75, 3.05) is 0 Å². The summed E-state index contributed by atoms with van der Waals surface area (Å²) < 4.78 is 27.7. The molecule has 0 aliphatic heterocycles. The van der Waals surface area contributed by atoms with Crippen LogP contribution in [0.2, 0.25) is 0 Å². The molecule has 0 atom stereocenters. The first-order valence-corrected chi connectivity index (χ1v) is 7.84. The molecule has 110 valence electrons. The Labute approximate surface area is 131 Å². The fourth-order valence-corrected chi connectivity index (χ4v) is 3.17. The van der Waals surface area contributed by atoms with E-state index in [9.17, 15) is 8.78 Å². The molecule has 1 aliphatic carbocycles. The Morgan fingerprint density at radius 2 is 1.90 bits per heavy atom. The fourth-order valence-electron chi connectivity index (χ4n) is 2.75. The molecule has 1 fully saturated rings. The highest BCUT2D eigenvalue weighted by Gasteiger charge is 2.29. The highest BCUT2D eigenvalue weighted by molar-refractivity contribution is 9.10. The Hall–Kier alpha value is -1.26. The van der Waals surface area contributed by atoms with Gasteiger partial charge in [0.2, 0.25) is 0 Å². The average Bonchev–Trinajstić information content (AvgIpc) is 2.41. The normalized spacial score (nSPS) is 21.1. The molecule has 1 N–H and O–H groups in total. The lowest BCUT2D eigenvalue weighted by Crippen LogP contribution is -2.39. The van der Waals surface area contributed by atoms with Gasteiger partial charge in [0.15, 0.2) is 0 Å². The Balaban J connectivity index is 1.52. The zero-order valence-electron chi connectivity index (χ0n) is 11.5. The second kappa shape index (κ2) is 6.24. The maximum Gasteiger partial charge on any atom is 0.127 e. The van der Waals surface area contributed by atoms with Crippen molar-refractivity contribution in [1.82, 2.24) is 5.32 Å². The first kappa shape index (κ1) is 14.7. The second-order valence-electron chi connectivity index (χ2n) is 5.54. The van der Waals surface area contributed by atoms with Crippen molar-refractivity contribution in [2.24, 2.45) is 0 Å². The predicted octanol–water partition coefficient (Wildman–Crippen LogP) is 4.76. The lowest BCUT2D eigenvalue weighted by Gasteiger charge is -2.36. The third-order valence-electron chi connectivity index (χ3n) is 4.05. The molecule has 0 aromatic heterocycles. The van der Waals surface area contributed by atoms with E-state index in [0.717, 1.165) is 23.4 Å². The summed E-state index contributed by atoms with van der Waals surface area (Å²) in [5.74, 6) is -0.196. The van der Waals surface area contributed by atoms with Gasteiger partial charge in [-0.3, -0.25) is 0 Å². The molecule has 21 heavy (non-hydrogen) atoms. The van der Waals surface area contributed by atoms with Crippen LogP contribution in [0.1, 0.15) is 29.9 Å². The van der Waals surface area contributed by atoms with Crippen LogP contribution in [0.5, 0.6) is 0 Å². The van der Waals surface area contributed by atoms with Gasteiger partial charge in [0.1, 0.15) is 11.6 Å². The minimum atomic E-state index is -0.395. The van der Waals surface area contributed by atoms with Gasteiger partial charge in [-0.25, -0.2) is 8.78 Å². The first-order valence-electron chi connectivity index (χ1n) is 7.04. The van der Waals surface area contributed by atoms with Crippen molar-refractivity contribution in [2.45, 2.75) is 31.3 Å². The van der Waals surface area contributed by atoms with E-state index in [1.165, 1.54) is 17.7 Å². The lowest BCUT2D eigenvalue weighted by molar-refractivity contribution is 0.288. The van der Waals surface area contributed by atoms with Gasteiger partial charge in [0.25, 0.3) is 0 Å². The van der Waals surface area contributed by atoms with Crippen LogP contribution < -0.4 is 5.32 Å². The van der Waals surface area contributed by atoms with E-state index in [0.29, 0.717) is 24.1 Å². The minimum absolute atomic E-state index is 0.355. The van der Waals surface area contributed by atoms with E-state index < -0.39 is 5.82 Å². The van der Waals surface area contributed by atoms with Gasteiger partial charge < -0.3 is 5.32 Å². The second-order valence-corrected chi connectivity index (χ2v) is 6.45. The predicted molar refractivity (Wildman–Crippen MR) is 83.1 cm³/mol. The van der Waals surface area contributed by atoms with E-state index in [-0.39, 0.29) is 5.82 Å². The van der Waals surface area contributed by atoms with Gasteiger partial charge in [0, 0.05) is 22.6 Å². The molecule has 0 heterocycles. The summed E-state index contributed by atoms with van der Waals surface area (Å²) >= 11 is 3.48. The molecular weight excluding hydrogens is 336 g/mol. The molecule has 1 nitrogen and oxygen atoms in total. The van der Waals surface area contributed by atoms with Gasteiger partial charge in [-0.15, -0.1) is 0 Å². The number of rotatable bonds is 4. The monoisotopic (exact) mass is 351 g/mol. The molecule has 0 amide bonds. The molecule has 0 saturated heterocycles. The van der Waals surface area contributed by atoms with Crippen molar-refractivity contribution in [3.63, 3.8) is 0 Å². The van der Waals surface area contributed by atoms with Crippen molar-refractivity contribution in [1.29, 1.82) is 0 Å². The maximum atomic E-state index is 13.5. The molecule has 4 heteroatoms. The Bertz CT molecular complexity index is 638. The molecule has 0 unspecified atom stereocenters. The van der Waals surface area contributed by atoms with E-state index in [1.807, 2.05) is 12.1 Å². The topological polar surface area (TPSA) is 12.0 Å². The zero-order valence-corrected chi connectivity index (χ0v) is 13.0. The van der Waals surface area contributed by atoms with E-state index in [4.69, 9.17) is 0 Å². The first-order chi connectivity index (χ1) is 10.1. The van der Waals surface area contributed by atoms with Crippen LogP contribution in [-0.2, 0) is 6.54 Å². The van der Waals surface area contributed by atoms with Crippen molar-refractivity contribution in [3.05, 3.63) is 69.7 Å². The molecule has 0 radical (unpaired) electrons. The quantitative estimate of drug-likeness (QED) is 0.836. The van der Waals surface area contributed by atoms with Crippen LogP contribution in [0.3, 0.4) is 0 Å². The summed E-state index contributed by atoms with van der Waals surface area (Å²) in [5, 5.41) is 3.30. The molecule has 3 rings (SSSR count).